The first-order valence-corrected chi connectivity index (χ1v) is 8.74. The van der Waals surface area contributed by atoms with Gasteiger partial charge in [0.15, 0.2) is 6.29 Å². The number of fused-ring (bicyclic) bond motifs is 1. The average Bonchev–Trinajstić information content (AvgIpc) is 2.66. The van der Waals surface area contributed by atoms with Gasteiger partial charge in [0.1, 0.15) is 18.1 Å². The van der Waals surface area contributed by atoms with Gasteiger partial charge in [0.05, 0.1) is 6.61 Å². The van der Waals surface area contributed by atoms with Crippen LogP contribution in [0.5, 0.6) is 11.5 Å². The van der Waals surface area contributed by atoms with Crippen molar-refractivity contribution in [3.8, 4) is 11.5 Å². The largest absolute Gasteiger partial charge is 0.491 e. The summed E-state index contributed by atoms with van der Waals surface area (Å²) >= 11 is 0. The van der Waals surface area contributed by atoms with Crippen LogP contribution in [0.4, 0.5) is 0 Å². The van der Waals surface area contributed by atoms with Crippen molar-refractivity contribution in [2.24, 2.45) is 0 Å². The standard InChI is InChI=1S/C22H24O3/c1-3-18-11-13-20(14-12-18)25-17(2)23-15-16-24-22-10-6-8-19-7-4-5-9-21(19)22/h4-14,17H,3,15-16H2,1-2H3. The highest BCUT2D eigenvalue weighted by Crippen LogP contribution is 2.25. The van der Waals surface area contributed by atoms with E-state index in [-0.39, 0.29) is 6.29 Å². The Balaban J connectivity index is 1.45. The Kier molecular flexibility index (Phi) is 5.91. The van der Waals surface area contributed by atoms with E-state index < -0.39 is 0 Å². The van der Waals surface area contributed by atoms with E-state index in [4.69, 9.17) is 14.2 Å². The summed E-state index contributed by atoms with van der Waals surface area (Å²) in [6, 6.07) is 22.4. The van der Waals surface area contributed by atoms with Gasteiger partial charge < -0.3 is 14.2 Å². The normalized spacial score (nSPS) is 12.1. The molecule has 0 heterocycles. The van der Waals surface area contributed by atoms with E-state index in [1.165, 1.54) is 10.9 Å². The van der Waals surface area contributed by atoms with Crippen molar-refractivity contribution in [3.05, 3.63) is 72.3 Å². The van der Waals surface area contributed by atoms with Crippen molar-refractivity contribution < 1.29 is 14.2 Å². The predicted octanol–water partition coefficient (Wildman–Crippen LogP) is 5.22. The zero-order valence-electron chi connectivity index (χ0n) is 14.8. The predicted molar refractivity (Wildman–Crippen MR) is 101 cm³/mol. The lowest BCUT2D eigenvalue weighted by atomic mass is 10.1. The van der Waals surface area contributed by atoms with Gasteiger partial charge in [-0.1, -0.05) is 55.5 Å². The lowest BCUT2D eigenvalue weighted by molar-refractivity contribution is -0.0738. The third-order valence-corrected chi connectivity index (χ3v) is 4.08. The van der Waals surface area contributed by atoms with Crippen LogP contribution in [0.2, 0.25) is 0 Å². The fourth-order valence-electron chi connectivity index (χ4n) is 2.72. The zero-order valence-corrected chi connectivity index (χ0v) is 14.8. The van der Waals surface area contributed by atoms with Gasteiger partial charge in [0, 0.05) is 5.39 Å². The fourth-order valence-corrected chi connectivity index (χ4v) is 2.72. The molecule has 0 aliphatic carbocycles. The lowest BCUT2D eigenvalue weighted by Crippen LogP contribution is -2.19. The summed E-state index contributed by atoms with van der Waals surface area (Å²) in [7, 11) is 0. The number of hydrogen-bond acceptors (Lipinski definition) is 3. The van der Waals surface area contributed by atoms with E-state index in [1.807, 2.05) is 43.3 Å². The van der Waals surface area contributed by atoms with Gasteiger partial charge in [0.25, 0.3) is 0 Å². The zero-order chi connectivity index (χ0) is 17.5. The van der Waals surface area contributed by atoms with Crippen molar-refractivity contribution in [2.45, 2.75) is 26.6 Å². The molecule has 0 aliphatic heterocycles. The summed E-state index contributed by atoms with van der Waals surface area (Å²) in [6.45, 7) is 4.98. The Bertz CT molecular complexity index is 790. The third kappa shape index (κ3) is 4.74. The minimum Gasteiger partial charge on any atom is -0.491 e. The molecule has 0 N–H and O–H groups in total. The van der Waals surface area contributed by atoms with Gasteiger partial charge in [-0.25, -0.2) is 0 Å². The van der Waals surface area contributed by atoms with Gasteiger partial charge in [-0.05, 0) is 42.5 Å². The molecule has 0 saturated heterocycles. The van der Waals surface area contributed by atoms with Gasteiger partial charge in [-0.2, -0.15) is 0 Å². The maximum atomic E-state index is 5.87. The SMILES string of the molecule is CCc1ccc(OC(C)OCCOc2cccc3ccccc23)cc1. The van der Waals surface area contributed by atoms with Gasteiger partial charge in [0.2, 0.25) is 0 Å². The Labute approximate surface area is 149 Å². The first-order chi connectivity index (χ1) is 12.3. The van der Waals surface area contributed by atoms with Crippen molar-refractivity contribution in [1.82, 2.24) is 0 Å². The van der Waals surface area contributed by atoms with E-state index in [2.05, 4.69) is 37.3 Å². The van der Waals surface area contributed by atoms with Gasteiger partial charge in [-0.3, -0.25) is 0 Å². The summed E-state index contributed by atoms with van der Waals surface area (Å²) in [4.78, 5) is 0. The van der Waals surface area contributed by atoms with E-state index in [9.17, 15) is 0 Å². The molecule has 0 aliphatic rings. The molecule has 25 heavy (non-hydrogen) atoms. The van der Waals surface area contributed by atoms with Gasteiger partial charge >= 0.3 is 0 Å². The van der Waals surface area contributed by atoms with Crippen LogP contribution in [0.15, 0.2) is 66.7 Å². The second-order valence-corrected chi connectivity index (χ2v) is 5.88. The second kappa shape index (κ2) is 8.54. The van der Waals surface area contributed by atoms with Crippen LogP contribution in [0.1, 0.15) is 19.4 Å². The first kappa shape index (κ1) is 17.3. The Morgan fingerprint density at radius 2 is 1.60 bits per heavy atom. The molecule has 0 radical (unpaired) electrons. The molecule has 1 unspecified atom stereocenters. The summed E-state index contributed by atoms with van der Waals surface area (Å²) in [5.74, 6) is 1.70. The topological polar surface area (TPSA) is 27.7 Å². The molecule has 3 heteroatoms. The van der Waals surface area contributed by atoms with Crippen LogP contribution < -0.4 is 9.47 Å². The molecular formula is C22H24O3. The average molecular weight is 336 g/mol. The maximum Gasteiger partial charge on any atom is 0.197 e. The highest BCUT2D eigenvalue weighted by molar-refractivity contribution is 5.88. The minimum atomic E-state index is -0.316. The van der Waals surface area contributed by atoms with E-state index in [1.54, 1.807) is 0 Å². The van der Waals surface area contributed by atoms with Crippen LogP contribution in [0, 0.1) is 0 Å². The van der Waals surface area contributed by atoms with Crippen molar-refractivity contribution in [2.75, 3.05) is 13.2 Å². The van der Waals surface area contributed by atoms with Crippen LogP contribution in [0.25, 0.3) is 10.8 Å². The molecule has 3 aromatic carbocycles. The fraction of sp³-hybridized carbons (Fsp3) is 0.273. The summed E-state index contributed by atoms with van der Waals surface area (Å²) in [5, 5.41) is 2.29. The smallest absolute Gasteiger partial charge is 0.197 e. The Morgan fingerprint density at radius 3 is 2.40 bits per heavy atom. The highest BCUT2D eigenvalue weighted by Gasteiger charge is 2.05. The maximum absolute atomic E-state index is 5.87. The molecule has 0 fully saturated rings. The Morgan fingerprint density at radius 1 is 0.840 bits per heavy atom. The summed E-state index contributed by atoms with van der Waals surface area (Å²) in [6.07, 6.45) is 0.710. The quantitative estimate of drug-likeness (QED) is 0.417. The first-order valence-electron chi connectivity index (χ1n) is 8.74. The third-order valence-electron chi connectivity index (χ3n) is 4.08. The number of rotatable bonds is 8. The molecular weight excluding hydrogens is 312 g/mol. The monoisotopic (exact) mass is 336 g/mol. The van der Waals surface area contributed by atoms with Crippen LogP contribution in [-0.2, 0) is 11.2 Å². The number of aryl methyl sites for hydroxylation is 1. The van der Waals surface area contributed by atoms with Crippen molar-refractivity contribution in [3.63, 3.8) is 0 Å². The molecule has 3 aromatic rings. The highest BCUT2D eigenvalue weighted by atomic mass is 16.7. The molecule has 3 nitrogen and oxygen atoms in total. The molecule has 0 aromatic heterocycles. The molecule has 0 saturated carbocycles. The molecule has 0 spiro atoms. The van der Waals surface area contributed by atoms with E-state index in [0.29, 0.717) is 13.2 Å². The van der Waals surface area contributed by atoms with Crippen molar-refractivity contribution in [1.29, 1.82) is 0 Å². The van der Waals surface area contributed by atoms with Crippen molar-refractivity contribution >= 4 is 10.8 Å². The van der Waals surface area contributed by atoms with Crippen LogP contribution in [0.3, 0.4) is 0 Å². The molecule has 130 valence electrons. The van der Waals surface area contributed by atoms with Crippen LogP contribution in [-0.4, -0.2) is 19.5 Å². The van der Waals surface area contributed by atoms with Crippen LogP contribution >= 0.6 is 0 Å². The molecule has 1 atom stereocenters. The number of benzene rings is 3. The van der Waals surface area contributed by atoms with Gasteiger partial charge in [-0.15, -0.1) is 0 Å². The number of hydrogen-bond donors (Lipinski definition) is 0. The summed E-state index contributed by atoms with van der Waals surface area (Å²) in [5.41, 5.74) is 1.30. The van der Waals surface area contributed by atoms with E-state index in [0.717, 1.165) is 23.3 Å². The second-order valence-electron chi connectivity index (χ2n) is 5.88. The Hall–Kier alpha value is -2.52. The molecule has 0 amide bonds. The molecule has 3 rings (SSSR count). The lowest BCUT2D eigenvalue weighted by Gasteiger charge is -2.16. The summed E-state index contributed by atoms with van der Waals surface area (Å²) < 4.78 is 17.3. The number of ether oxygens (including phenoxy) is 3. The molecule has 0 bridgehead atoms. The van der Waals surface area contributed by atoms with E-state index >= 15 is 0 Å². The minimum absolute atomic E-state index is 0.316.